The molecule has 0 fully saturated rings. The minimum Gasteiger partial charge on any atom is -0.478 e. The lowest BCUT2D eigenvalue weighted by atomic mass is 9.97. The molecule has 1 N–H and O–H groups in total. The van der Waals surface area contributed by atoms with E-state index in [4.69, 9.17) is 5.11 Å². The molecule has 0 aromatic carbocycles. The highest BCUT2D eigenvalue weighted by Gasteiger charge is 2.59. The molecule has 0 aromatic rings. The lowest BCUT2D eigenvalue weighted by Gasteiger charge is -2.23. The first kappa shape index (κ1) is 13.8. The minimum atomic E-state index is -5.67. The van der Waals surface area contributed by atoms with Gasteiger partial charge >= 0.3 is 18.3 Å². The van der Waals surface area contributed by atoms with Gasteiger partial charge in [-0.25, -0.2) is 4.79 Å². The molecule has 2 nitrogen and oxygen atoms in total. The monoisotopic (exact) mass is 236 g/mol. The molecule has 0 bridgehead atoms. The van der Waals surface area contributed by atoms with Crippen LogP contribution in [0.25, 0.3) is 0 Å². The van der Waals surface area contributed by atoms with Gasteiger partial charge in [0, 0.05) is 0 Å². The fourth-order valence-corrected chi connectivity index (χ4v) is 0.952. The number of aliphatic carboxylic acids is 1. The van der Waals surface area contributed by atoms with Crippen molar-refractivity contribution in [3.63, 3.8) is 0 Å². The molecule has 0 radical (unpaired) electrons. The van der Waals surface area contributed by atoms with Gasteiger partial charge in [0.2, 0.25) is 0 Å². The maximum absolute atomic E-state index is 12.0. The van der Waals surface area contributed by atoms with Gasteiger partial charge in [-0.15, -0.1) is 0 Å². The molecule has 0 aliphatic heterocycles. The van der Waals surface area contributed by atoms with Crippen molar-refractivity contribution >= 4 is 5.97 Å². The zero-order valence-corrected chi connectivity index (χ0v) is 7.28. The summed E-state index contributed by atoms with van der Waals surface area (Å²) in [5.74, 6) is -6.19. The second kappa shape index (κ2) is 4.11. The van der Waals surface area contributed by atoms with Crippen molar-refractivity contribution in [1.82, 2.24) is 0 Å². The topological polar surface area (TPSA) is 37.3 Å². The number of rotatable bonds is 2. The van der Waals surface area contributed by atoms with Gasteiger partial charge in [0.05, 0.1) is 5.57 Å². The molecular formula is C7H6F6O2. The van der Waals surface area contributed by atoms with Crippen LogP contribution in [0.2, 0.25) is 0 Å². The molecule has 0 saturated carbocycles. The van der Waals surface area contributed by atoms with E-state index in [-0.39, 0.29) is 6.08 Å². The standard InChI is InChI=1S/C7H6F6O2/c1-2-3(5(14)15)4(6(8,9)10)7(11,12)13/h2,4H,1H3,(H,14,15)/b3-2+. The van der Waals surface area contributed by atoms with Crippen molar-refractivity contribution < 1.29 is 36.2 Å². The Bertz CT molecular complexity index is 260. The van der Waals surface area contributed by atoms with Crippen LogP contribution in [-0.4, -0.2) is 23.4 Å². The Labute approximate surface area is 80.2 Å². The van der Waals surface area contributed by atoms with Crippen molar-refractivity contribution in [3.05, 3.63) is 11.6 Å². The van der Waals surface area contributed by atoms with Gasteiger partial charge in [0.1, 0.15) is 0 Å². The highest BCUT2D eigenvalue weighted by atomic mass is 19.4. The fourth-order valence-electron chi connectivity index (χ4n) is 0.952. The molecule has 0 unspecified atom stereocenters. The smallest absolute Gasteiger partial charge is 0.404 e. The van der Waals surface area contributed by atoms with Crippen LogP contribution in [0.4, 0.5) is 26.3 Å². The summed E-state index contributed by atoms with van der Waals surface area (Å²) < 4.78 is 71.9. The maximum Gasteiger partial charge on any atom is 0.404 e. The first-order chi connectivity index (χ1) is 6.51. The Morgan fingerprint density at radius 3 is 1.53 bits per heavy atom. The van der Waals surface area contributed by atoms with Crippen LogP contribution in [-0.2, 0) is 4.79 Å². The van der Waals surface area contributed by atoms with Crippen LogP contribution in [0.5, 0.6) is 0 Å². The van der Waals surface area contributed by atoms with Gasteiger partial charge in [-0.2, -0.15) is 26.3 Å². The van der Waals surface area contributed by atoms with E-state index in [1.54, 1.807) is 0 Å². The average Bonchev–Trinajstić information content (AvgIpc) is 1.93. The number of carboxylic acid groups (broad SMARTS) is 1. The van der Waals surface area contributed by atoms with Crippen LogP contribution in [0.3, 0.4) is 0 Å². The average molecular weight is 236 g/mol. The number of carboxylic acids is 1. The van der Waals surface area contributed by atoms with E-state index >= 15 is 0 Å². The van der Waals surface area contributed by atoms with Crippen molar-refractivity contribution in [2.75, 3.05) is 0 Å². The fraction of sp³-hybridized carbons (Fsp3) is 0.571. The summed E-state index contributed by atoms with van der Waals surface area (Å²) in [4.78, 5) is 10.2. The predicted molar refractivity (Wildman–Crippen MR) is 37.0 cm³/mol. The van der Waals surface area contributed by atoms with Crippen LogP contribution in [0.15, 0.2) is 11.6 Å². The van der Waals surface area contributed by atoms with E-state index < -0.39 is 29.8 Å². The quantitative estimate of drug-likeness (QED) is 0.591. The lowest BCUT2D eigenvalue weighted by molar-refractivity contribution is -0.271. The lowest BCUT2D eigenvalue weighted by Crippen LogP contribution is -2.39. The summed E-state index contributed by atoms with van der Waals surface area (Å²) in [6, 6.07) is 0. The summed E-state index contributed by atoms with van der Waals surface area (Å²) in [6.07, 6.45) is -11.1. The SMILES string of the molecule is C/C=C(/C(=O)O)C(C(F)(F)F)C(F)(F)F. The van der Waals surface area contributed by atoms with E-state index in [9.17, 15) is 31.1 Å². The summed E-state index contributed by atoms with van der Waals surface area (Å²) >= 11 is 0. The molecule has 0 heterocycles. The van der Waals surface area contributed by atoms with Crippen LogP contribution < -0.4 is 0 Å². The van der Waals surface area contributed by atoms with E-state index in [1.165, 1.54) is 0 Å². The summed E-state index contributed by atoms with van der Waals surface area (Å²) in [7, 11) is 0. The molecule has 8 heteroatoms. The van der Waals surface area contributed by atoms with Crippen LogP contribution in [0, 0.1) is 5.92 Å². The molecule has 0 aliphatic rings. The van der Waals surface area contributed by atoms with Crippen molar-refractivity contribution in [3.8, 4) is 0 Å². The van der Waals surface area contributed by atoms with Crippen LogP contribution in [0.1, 0.15) is 6.92 Å². The molecule has 0 atom stereocenters. The van der Waals surface area contributed by atoms with Gasteiger partial charge in [-0.1, -0.05) is 6.08 Å². The summed E-state index contributed by atoms with van der Waals surface area (Å²) in [5.41, 5.74) is -1.73. The van der Waals surface area contributed by atoms with Crippen molar-refractivity contribution in [2.45, 2.75) is 19.3 Å². The molecule has 0 aliphatic carbocycles. The largest absolute Gasteiger partial charge is 0.478 e. The molecular weight excluding hydrogens is 230 g/mol. The highest BCUT2D eigenvalue weighted by molar-refractivity contribution is 5.87. The van der Waals surface area contributed by atoms with Gasteiger partial charge < -0.3 is 5.11 Å². The maximum atomic E-state index is 12.0. The van der Waals surface area contributed by atoms with Crippen LogP contribution >= 0.6 is 0 Å². The first-order valence-corrected chi connectivity index (χ1v) is 3.54. The van der Waals surface area contributed by atoms with Crippen molar-refractivity contribution in [1.29, 1.82) is 0 Å². The number of halogens is 6. The Morgan fingerprint density at radius 2 is 1.47 bits per heavy atom. The Kier molecular flexibility index (Phi) is 3.78. The Morgan fingerprint density at radius 1 is 1.13 bits per heavy atom. The van der Waals surface area contributed by atoms with E-state index in [0.717, 1.165) is 6.92 Å². The molecule has 0 amide bonds. The number of allylic oxidation sites excluding steroid dienone is 1. The molecule has 15 heavy (non-hydrogen) atoms. The van der Waals surface area contributed by atoms with Gasteiger partial charge in [-0.3, -0.25) is 0 Å². The van der Waals surface area contributed by atoms with Gasteiger partial charge in [0.15, 0.2) is 5.92 Å². The zero-order valence-electron chi connectivity index (χ0n) is 7.28. The minimum absolute atomic E-state index is 0.286. The molecule has 0 saturated heterocycles. The normalized spacial score (nSPS) is 14.5. The van der Waals surface area contributed by atoms with E-state index in [0.29, 0.717) is 0 Å². The molecule has 88 valence electrons. The molecule has 0 rings (SSSR count). The first-order valence-electron chi connectivity index (χ1n) is 3.54. The van der Waals surface area contributed by atoms with E-state index in [1.807, 2.05) is 0 Å². The van der Waals surface area contributed by atoms with E-state index in [2.05, 4.69) is 0 Å². The third kappa shape index (κ3) is 3.45. The Balaban J connectivity index is 5.41. The number of hydrogen-bond donors (Lipinski definition) is 1. The van der Waals surface area contributed by atoms with Gasteiger partial charge in [0.25, 0.3) is 0 Å². The third-order valence-corrected chi connectivity index (χ3v) is 1.52. The molecule has 0 aromatic heterocycles. The number of carbonyl (C=O) groups is 1. The predicted octanol–water partition coefficient (Wildman–Crippen LogP) is 2.76. The zero-order chi connectivity index (χ0) is 12.4. The summed E-state index contributed by atoms with van der Waals surface area (Å²) in [6.45, 7) is 0.800. The Hall–Kier alpha value is -1.21. The molecule has 0 spiro atoms. The highest BCUT2D eigenvalue weighted by Crippen LogP contribution is 2.43. The van der Waals surface area contributed by atoms with Crippen molar-refractivity contribution in [2.24, 2.45) is 5.92 Å². The third-order valence-electron chi connectivity index (χ3n) is 1.52. The summed E-state index contributed by atoms with van der Waals surface area (Å²) in [5, 5.41) is 8.20. The second-order valence-corrected chi connectivity index (χ2v) is 2.57. The number of hydrogen-bond acceptors (Lipinski definition) is 1. The number of alkyl halides is 6. The van der Waals surface area contributed by atoms with Gasteiger partial charge in [-0.05, 0) is 6.92 Å². The second-order valence-electron chi connectivity index (χ2n) is 2.57.